The van der Waals surface area contributed by atoms with Gasteiger partial charge in [0.15, 0.2) is 0 Å². The van der Waals surface area contributed by atoms with Crippen molar-refractivity contribution >= 4 is 34.8 Å². The Morgan fingerprint density at radius 2 is 1.42 bits per heavy atom. The Morgan fingerprint density at radius 1 is 0.808 bits per heavy atom. The molecule has 0 aliphatic heterocycles. The SMILES string of the molecule is Cc1c(NC(=O)c2ccccc2)cccc1NC(=O)c1ccc(Cl)nc1. The molecule has 130 valence electrons. The average molecular weight is 366 g/mol. The lowest BCUT2D eigenvalue weighted by atomic mass is 10.1. The van der Waals surface area contributed by atoms with Crippen molar-refractivity contribution in [2.45, 2.75) is 6.92 Å². The summed E-state index contributed by atoms with van der Waals surface area (Å²) in [7, 11) is 0. The Kier molecular flexibility index (Phi) is 5.29. The van der Waals surface area contributed by atoms with Gasteiger partial charge in [-0.1, -0.05) is 35.9 Å². The van der Waals surface area contributed by atoms with Crippen LogP contribution in [0.5, 0.6) is 0 Å². The number of nitrogens with zero attached hydrogens (tertiary/aromatic N) is 1. The van der Waals surface area contributed by atoms with E-state index in [1.54, 1.807) is 54.6 Å². The summed E-state index contributed by atoms with van der Waals surface area (Å²) < 4.78 is 0. The van der Waals surface area contributed by atoms with Gasteiger partial charge < -0.3 is 10.6 Å². The zero-order chi connectivity index (χ0) is 18.5. The van der Waals surface area contributed by atoms with Gasteiger partial charge in [-0.15, -0.1) is 0 Å². The number of amides is 2. The monoisotopic (exact) mass is 365 g/mol. The van der Waals surface area contributed by atoms with Crippen LogP contribution in [-0.4, -0.2) is 16.8 Å². The van der Waals surface area contributed by atoms with E-state index in [4.69, 9.17) is 11.6 Å². The standard InChI is InChI=1S/C20H16ClN3O2/c1-13-16(23-19(25)14-6-3-2-4-7-14)8-5-9-17(13)24-20(26)15-10-11-18(21)22-12-15/h2-12H,1H3,(H,23,25)(H,24,26). The molecule has 0 fully saturated rings. The fourth-order valence-electron chi connectivity index (χ4n) is 2.40. The smallest absolute Gasteiger partial charge is 0.257 e. The lowest BCUT2D eigenvalue weighted by Crippen LogP contribution is -2.15. The third-order valence-electron chi connectivity index (χ3n) is 3.86. The quantitative estimate of drug-likeness (QED) is 0.666. The van der Waals surface area contributed by atoms with Crippen LogP contribution in [0.25, 0.3) is 0 Å². The number of benzene rings is 2. The third-order valence-corrected chi connectivity index (χ3v) is 4.08. The van der Waals surface area contributed by atoms with Crippen LogP contribution in [0.15, 0.2) is 66.9 Å². The van der Waals surface area contributed by atoms with E-state index >= 15 is 0 Å². The summed E-state index contributed by atoms with van der Waals surface area (Å²) in [5, 5.41) is 6.02. The van der Waals surface area contributed by atoms with Crippen molar-refractivity contribution in [2.24, 2.45) is 0 Å². The number of pyridine rings is 1. The van der Waals surface area contributed by atoms with E-state index < -0.39 is 0 Å². The maximum Gasteiger partial charge on any atom is 0.257 e. The largest absolute Gasteiger partial charge is 0.322 e. The summed E-state index contributed by atoms with van der Waals surface area (Å²) in [5.74, 6) is -0.511. The molecule has 0 bridgehead atoms. The molecular weight excluding hydrogens is 350 g/mol. The van der Waals surface area contributed by atoms with Crippen LogP contribution < -0.4 is 10.6 Å². The molecule has 3 rings (SSSR count). The van der Waals surface area contributed by atoms with Crippen molar-refractivity contribution in [3.63, 3.8) is 0 Å². The number of halogens is 1. The maximum absolute atomic E-state index is 12.4. The zero-order valence-electron chi connectivity index (χ0n) is 14.0. The van der Waals surface area contributed by atoms with Crippen molar-refractivity contribution in [1.82, 2.24) is 4.98 Å². The predicted molar refractivity (Wildman–Crippen MR) is 103 cm³/mol. The first-order chi connectivity index (χ1) is 12.5. The second-order valence-corrected chi connectivity index (χ2v) is 6.01. The molecule has 6 heteroatoms. The molecule has 26 heavy (non-hydrogen) atoms. The van der Waals surface area contributed by atoms with E-state index in [9.17, 15) is 9.59 Å². The molecule has 3 aromatic rings. The van der Waals surface area contributed by atoms with Gasteiger partial charge in [-0.05, 0) is 48.9 Å². The van der Waals surface area contributed by atoms with E-state index in [2.05, 4.69) is 15.6 Å². The fourth-order valence-corrected chi connectivity index (χ4v) is 2.51. The molecule has 2 N–H and O–H groups in total. The molecule has 0 aliphatic carbocycles. The molecule has 0 radical (unpaired) electrons. The first-order valence-electron chi connectivity index (χ1n) is 7.93. The summed E-state index contributed by atoms with van der Waals surface area (Å²) >= 11 is 5.74. The number of carbonyl (C=O) groups excluding carboxylic acids is 2. The molecule has 0 saturated carbocycles. The van der Waals surface area contributed by atoms with Crippen LogP contribution in [-0.2, 0) is 0 Å². The number of nitrogens with one attached hydrogen (secondary N) is 2. The van der Waals surface area contributed by atoms with Crippen LogP contribution in [0.4, 0.5) is 11.4 Å². The molecule has 5 nitrogen and oxygen atoms in total. The average Bonchev–Trinajstić information content (AvgIpc) is 2.66. The molecule has 0 saturated heterocycles. The molecule has 0 atom stereocenters. The van der Waals surface area contributed by atoms with Crippen LogP contribution in [0.1, 0.15) is 26.3 Å². The minimum atomic E-state index is -0.302. The highest BCUT2D eigenvalue weighted by atomic mass is 35.5. The second kappa shape index (κ2) is 7.80. The second-order valence-electron chi connectivity index (χ2n) is 5.62. The minimum absolute atomic E-state index is 0.209. The minimum Gasteiger partial charge on any atom is -0.322 e. The van der Waals surface area contributed by atoms with Gasteiger partial charge in [0.05, 0.1) is 5.56 Å². The number of anilines is 2. The van der Waals surface area contributed by atoms with Crippen LogP contribution in [0, 0.1) is 6.92 Å². The van der Waals surface area contributed by atoms with Gasteiger partial charge in [0.25, 0.3) is 11.8 Å². The van der Waals surface area contributed by atoms with Gasteiger partial charge >= 0.3 is 0 Å². The van der Waals surface area contributed by atoms with Gasteiger partial charge in [0.1, 0.15) is 5.15 Å². The van der Waals surface area contributed by atoms with Crippen molar-refractivity contribution in [3.8, 4) is 0 Å². The van der Waals surface area contributed by atoms with E-state index in [0.717, 1.165) is 5.56 Å². The Hall–Kier alpha value is -3.18. The number of rotatable bonds is 4. The molecular formula is C20H16ClN3O2. The van der Waals surface area contributed by atoms with Crippen molar-refractivity contribution in [3.05, 3.63) is 88.7 Å². The summed E-state index contributed by atoms with van der Waals surface area (Å²) in [6.45, 7) is 1.83. The van der Waals surface area contributed by atoms with Gasteiger partial charge in [-0.3, -0.25) is 9.59 Å². The predicted octanol–water partition coefficient (Wildman–Crippen LogP) is 4.55. The van der Waals surface area contributed by atoms with Gasteiger partial charge in [0.2, 0.25) is 0 Å². The zero-order valence-corrected chi connectivity index (χ0v) is 14.7. The highest BCUT2D eigenvalue weighted by Gasteiger charge is 2.12. The highest BCUT2D eigenvalue weighted by molar-refractivity contribution is 6.29. The van der Waals surface area contributed by atoms with Crippen LogP contribution >= 0.6 is 11.6 Å². The van der Waals surface area contributed by atoms with Crippen molar-refractivity contribution < 1.29 is 9.59 Å². The molecule has 1 heterocycles. The van der Waals surface area contributed by atoms with E-state index in [0.29, 0.717) is 27.7 Å². The van der Waals surface area contributed by atoms with Crippen LogP contribution in [0.2, 0.25) is 5.15 Å². The molecule has 0 unspecified atom stereocenters. The Morgan fingerprint density at radius 3 is 2.00 bits per heavy atom. The molecule has 0 spiro atoms. The van der Waals surface area contributed by atoms with Gasteiger partial charge in [-0.25, -0.2) is 4.98 Å². The Balaban J connectivity index is 1.77. The number of aromatic nitrogens is 1. The third kappa shape index (κ3) is 4.07. The van der Waals surface area contributed by atoms with Gasteiger partial charge in [0, 0.05) is 23.1 Å². The number of hydrogen-bond acceptors (Lipinski definition) is 3. The Labute approximate surface area is 156 Å². The van der Waals surface area contributed by atoms with E-state index in [1.165, 1.54) is 6.20 Å². The summed E-state index contributed by atoms with van der Waals surface area (Å²) in [5.41, 5.74) is 2.95. The summed E-state index contributed by atoms with van der Waals surface area (Å²) in [6.07, 6.45) is 1.41. The lowest BCUT2D eigenvalue weighted by molar-refractivity contribution is 0.101. The lowest BCUT2D eigenvalue weighted by Gasteiger charge is -2.13. The van der Waals surface area contributed by atoms with Gasteiger partial charge in [-0.2, -0.15) is 0 Å². The first kappa shape index (κ1) is 17.6. The molecule has 2 aromatic carbocycles. The molecule has 1 aromatic heterocycles. The topological polar surface area (TPSA) is 71.1 Å². The fraction of sp³-hybridized carbons (Fsp3) is 0.0500. The first-order valence-corrected chi connectivity index (χ1v) is 8.31. The maximum atomic E-state index is 12.4. The van der Waals surface area contributed by atoms with Crippen LogP contribution in [0.3, 0.4) is 0 Å². The highest BCUT2D eigenvalue weighted by Crippen LogP contribution is 2.24. The molecule has 0 aliphatic rings. The summed E-state index contributed by atoms with van der Waals surface area (Å²) in [6, 6.07) is 17.4. The van der Waals surface area contributed by atoms with E-state index in [-0.39, 0.29) is 11.8 Å². The summed E-state index contributed by atoms with van der Waals surface area (Å²) in [4.78, 5) is 28.6. The normalized spacial score (nSPS) is 10.2. The molecule has 2 amide bonds. The van der Waals surface area contributed by atoms with Crippen molar-refractivity contribution in [2.75, 3.05) is 10.6 Å². The van der Waals surface area contributed by atoms with E-state index in [1.807, 2.05) is 13.0 Å². The van der Waals surface area contributed by atoms with Crippen molar-refractivity contribution in [1.29, 1.82) is 0 Å². The number of hydrogen-bond donors (Lipinski definition) is 2. The Bertz CT molecular complexity index is 941. The number of carbonyl (C=O) groups is 2.